The van der Waals surface area contributed by atoms with E-state index in [1.54, 1.807) is 0 Å². The molecule has 0 atom stereocenters. The molecule has 1 aromatic carbocycles. The van der Waals surface area contributed by atoms with Gasteiger partial charge in [0.15, 0.2) is 0 Å². The van der Waals surface area contributed by atoms with E-state index in [1.807, 2.05) is 30.3 Å². The summed E-state index contributed by atoms with van der Waals surface area (Å²) in [5.41, 5.74) is 1.22. The minimum absolute atomic E-state index is 0.112. The van der Waals surface area contributed by atoms with E-state index in [1.165, 1.54) is 0 Å². The fourth-order valence-corrected chi connectivity index (χ4v) is 1.29. The number of ether oxygens (including phenoxy) is 1. The second-order valence-electron chi connectivity index (χ2n) is 5.21. The van der Waals surface area contributed by atoms with Gasteiger partial charge in [-0.15, -0.1) is 0 Å². The van der Waals surface area contributed by atoms with Crippen molar-refractivity contribution in [2.24, 2.45) is 5.41 Å². The molecule has 0 bridgehead atoms. The molecule has 0 spiro atoms. The Labute approximate surface area is 97.6 Å². The van der Waals surface area contributed by atoms with E-state index in [-0.39, 0.29) is 11.4 Å². The second kappa shape index (κ2) is 5.69. The Morgan fingerprint density at radius 2 is 1.81 bits per heavy atom. The van der Waals surface area contributed by atoms with Crippen LogP contribution in [0.5, 0.6) is 0 Å². The van der Waals surface area contributed by atoms with Crippen LogP contribution in [0.4, 0.5) is 0 Å². The van der Waals surface area contributed by atoms with Crippen LogP contribution in [-0.4, -0.2) is 5.97 Å². The first-order valence-electron chi connectivity index (χ1n) is 5.67. The van der Waals surface area contributed by atoms with Crippen LogP contribution >= 0.6 is 0 Å². The molecule has 2 heteroatoms. The molecule has 0 radical (unpaired) electrons. The maximum Gasteiger partial charge on any atom is 0.306 e. The molecule has 88 valence electrons. The highest BCUT2D eigenvalue weighted by Crippen LogP contribution is 2.20. The zero-order valence-electron chi connectivity index (χ0n) is 10.3. The standard InChI is InChI=1S/C14H20O2/c1-14(2,3)10-9-13(15)16-11-12-7-5-4-6-8-12/h4-8H,9-11H2,1-3H3. The van der Waals surface area contributed by atoms with Crippen molar-refractivity contribution in [3.8, 4) is 0 Å². The van der Waals surface area contributed by atoms with Gasteiger partial charge < -0.3 is 4.74 Å². The van der Waals surface area contributed by atoms with Gasteiger partial charge in [-0.25, -0.2) is 0 Å². The van der Waals surface area contributed by atoms with Gasteiger partial charge in [-0.3, -0.25) is 4.79 Å². The molecule has 0 aliphatic rings. The van der Waals surface area contributed by atoms with Crippen LogP contribution in [0.15, 0.2) is 30.3 Å². The van der Waals surface area contributed by atoms with Crippen LogP contribution in [0.1, 0.15) is 39.2 Å². The summed E-state index contributed by atoms with van der Waals surface area (Å²) in [5, 5.41) is 0. The van der Waals surface area contributed by atoms with Crippen LogP contribution < -0.4 is 0 Å². The predicted molar refractivity (Wildman–Crippen MR) is 64.9 cm³/mol. The third kappa shape index (κ3) is 5.54. The molecule has 1 aromatic rings. The summed E-state index contributed by atoms with van der Waals surface area (Å²) in [7, 11) is 0. The Hall–Kier alpha value is -1.31. The third-order valence-corrected chi connectivity index (χ3v) is 2.32. The Bertz CT molecular complexity index is 322. The number of carbonyl (C=O) groups excluding carboxylic acids is 1. The monoisotopic (exact) mass is 220 g/mol. The zero-order chi connectivity index (χ0) is 12.0. The largest absolute Gasteiger partial charge is 0.461 e. The van der Waals surface area contributed by atoms with Crippen molar-refractivity contribution in [3.63, 3.8) is 0 Å². The van der Waals surface area contributed by atoms with Crippen molar-refractivity contribution in [2.75, 3.05) is 0 Å². The normalized spacial score (nSPS) is 11.2. The maximum absolute atomic E-state index is 11.4. The van der Waals surface area contributed by atoms with Crippen LogP contribution in [0.25, 0.3) is 0 Å². The topological polar surface area (TPSA) is 26.3 Å². The van der Waals surface area contributed by atoms with E-state index < -0.39 is 0 Å². The number of hydrogen-bond donors (Lipinski definition) is 0. The molecule has 0 aliphatic carbocycles. The number of hydrogen-bond acceptors (Lipinski definition) is 2. The lowest BCUT2D eigenvalue weighted by Crippen LogP contribution is -2.11. The summed E-state index contributed by atoms with van der Waals surface area (Å²) in [6.07, 6.45) is 1.36. The van der Waals surface area contributed by atoms with Gasteiger partial charge in [0.2, 0.25) is 0 Å². The van der Waals surface area contributed by atoms with E-state index in [9.17, 15) is 4.79 Å². The highest BCUT2D eigenvalue weighted by atomic mass is 16.5. The van der Waals surface area contributed by atoms with Gasteiger partial charge in [0, 0.05) is 6.42 Å². The fraction of sp³-hybridized carbons (Fsp3) is 0.500. The molecule has 0 heterocycles. The van der Waals surface area contributed by atoms with E-state index >= 15 is 0 Å². The number of carbonyl (C=O) groups is 1. The van der Waals surface area contributed by atoms with Crippen molar-refractivity contribution in [1.29, 1.82) is 0 Å². The molecule has 0 unspecified atom stereocenters. The highest BCUT2D eigenvalue weighted by molar-refractivity contribution is 5.69. The lowest BCUT2D eigenvalue weighted by Gasteiger charge is -2.16. The van der Waals surface area contributed by atoms with Gasteiger partial charge in [0.25, 0.3) is 0 Å². The molecule has 0 N–H and O–H groups in total. The fourth-order valence-electron chi connectivity index (χ4n) is 1.29. The van der Waals surface area contributed by atoms with Crippen LogP contribution in [-0.2, 0) is 16.1 Å². The summed E-state index contributed by atoms with van der Waals surface area (Å²) >= 11 is 0. The van der Waals surface area contributed by atoms with Gasteiger partial charge in [0.05, 0.1) is 0 Å². The molecular weight excluding hydrogens is 200 g/mol. The minimum Gasteiger partial charge on any atom is -0.461 e. The first-order chi connectivity index (χ1) is 7.47. The molecule has 1 rings (SSSR count). The molecule has 0 aromatic heterocycles. The van der Waals surface area contributed by atoms with Gasteiger partial charge in [0.1, 0.15) is 6.61 Å². The third-order valence-electron chi connectivity index (χ3n) is 2.32. The summed E-state index contributed by atoms with van der Waals surface area (Å²) in [4.78, 5) is 11.4. The molecule has 0 fully saturated rings. The van der Waals surface area contributed by atoms with Gasteiger partial charge in [-0.2, -0.15) is 0 Å². The summed E-state index contributed by atoms with van der Waals surface area (Å²) < 4.78 is 5.18. The summed E-state index contributed by atoms with van der Waals surface area (Å²) in [5.74, 6) is -0.112. The van der Waals surface area contributed by atoms with Crippen molar-refractivity contribution in [3.05, 3.63) is 35.9 Å². The average molecular weight is 220 g/mol. The first kappa shape index (κ1) is 12.8. The van der Waals surface area contributed by atoms with Gasteiger partial charge >= 0.3 is 5.97 Å². The maximum atomic E-state index is 11.4. The first-order valence-corrected chi connectivity index (χ1v) is 5.67. The lowest BCUT2D eigenvalue weighted by atomic mass is 9.91. The van der Waals surface area contributed by atoms with Gasteiger partial charge in [-0.05, 0) is 17.4 Å². The minimum atomic E-state index is -0.112. The zero-order valence-corrected chi connectivity index (χ0v) is 10.3. The van der Waals surface area contributed by atoms with Crippen molar-refractivity contribution >= 4 is 5.97 Å². The number of benzene rings is 1. The van der Waals surface area contributed by atoms with Crippen molar-refractivity contribution in [2.45, 2.75) is 40.2 Å². The molecule has 16 heavy (non-hydrogen) atoms. The number of rotatable bonds is 4. The molecule has 0 amide bonds. The van der Waals surface area contributed by atoms with E-state index in [0.717, 1.165) is 12.0 Å². The lowest BCUT2D eigenvalue weighted by molar-refractivity contribution is -0.145. The second-order valence-corrected chi connectivity index (χ2v) is 5.21. The van der Waals surface area contributed by atoms with Crippen molar-refractivity contribution < 1.29 is 9.53 Å². The molecule has 0 saturated heterocycles. The number of esters is 1. The van der Waals surface area contributed by atoms with E-state index in [0.29, 0.717) is 13.0 Å². The van der Waals surface area contributed by atoms with Crippen LogP contribution in [0, 0.1) is 5.41 Å². The Kier molecular flexibility index (Phi) is 4.53. The Balaban J connectivity index is 2.26. The molecule has 0 saturated carbocycles. The summed E-state index contributed by atoms with van der Waals surface area (Å²) in [6, 6.07) is 9.75. The highest BCUT2D eigenvalue weighted by Gasteiger charge is 2.13. The van der Waals surface area contributed by atoms with E-state index in [2.05, 4.69) is 20.8 Å². The Morgan fingerprint density at radius 1 is 1.19 bits per heavy atom. The quantitative estimate of drug-likeness (QED) is 0.725. The van der Waals surface area contributed by atoms with Crippen LogP contribution in [0.3, 0.4) is 0 Å². The van der Waals surface area contributed by atoms with Crippen LogP contribution in [0.2, 0.25) is 0 Å². The predicted octanol–water partition coefficient (Wildman–Crippen LogP) is 3.56. The molecule has 0 aliphatic heterocycles. The SMILES string of the molecule is CC(C)(C)CCC(=O)OCc1ccccc1. The van der Waals surface area contributed by atoms with Crippen molar-refractivity contribution in [1.82, 2.24) is 0 Å². The average Bonchev–Trinajstić information content (AvgIpc) is 2.24. The van der Waals surface area contributed by atoms with E-state index in [4.69, 9.17) is 4.74 Å². The smallest absolute Gasteiger partial charge is 0.306 e. The van der Waals surface area contributed by atoms with Gasteiger partial charge in [-0.1, -0.05) is 51.1 Å². The Morgan fingerprint density at radius 3 is 2.38 bits per heavy atom. The molecular formula is C14H20O2. The molecule has 2 nitrogen and oxygen atoms in total. The summed E-state index contributed by atoms with van der Waals surface area (Å²) in [6.45, 7) is 6.75.